The Morgan fingerprint density at radius 3 is 2.78 bits per heavy atom. The number of benzene rings is 1. The minimum Gasteiger partial charge on any atom is -0.322 e. The van der Waals surface area contributed by atoms with E-state index >= 15 is 0 Å². The summed E-state index contributed by atoms with van der Waals surface area (Å²) < 4.78 is 1.77. The maximum Gasteiger partial charge on any atom is 0.258 e. The largest absolute Gasteiger partial charge is 0.322 e. The molecule has 0 aliphatic rings. The lowest BCUT2D eigenvalue weighted by molar-refractivity contribution is 0.102. The minimum atomic E-state index is -0.199. The summed E-state index contributed by atoms with van der Waals surface area (Å²) in [5.74, 6) is 0.455. The molecule has 0 fully saturated rings. The molecular weight excluding hydrogens is 292 g/mol. The van der Waals surface area contributed by atoms with Gasteiger partial charge in [0.1, 0.15) is 6.33 Å². The van der Waals surface area contributed by atoms with Crippen LogP contribution in [-0.4, -0.2) is 30.9 Å². The normalized spacial score (nSPS) is 11.4. The zero-order valence-corrected chi connectivity index (χ0v) is 13.2. The van der Waals surface area contributed by atoms with E-state index in [0.717, 1.165) is 5.56 Å². The van der Waals surface area contributed by atoms with E-state index in [0.29, 0.717) is 17.1 Å². The third-order valence-corrected chi connectivity index (χ3v) is 3.34. The number of rotatable bonds is 3. The van der Waals surface area contributed by atoms with Crippen LogP contribution in [0.15, 0.2) is 43.0 Å². The van der Waals surface area contributed by atoms with Crippen molar-refractivity contribution in [3.8, 4) is 11.4 Å². The van der Waals surface area contributed by atoms with Crippen molar-refractivity contribution in [3.05, 3.63) is 48.5 Å². The molecule has 7 heteroatoms. The third kappa shape index (κ3) is 3.28. The summed E-state index contributed by atoms with van der Waals surface area (Å²) in [7, 11) is 0. The summed E-state index contributed by atoms with van der Waals surface area (Å²) in [5, 5.41) is 13.7. The molecule has 3 rings (SSSR count). The predicted octanol–water partition coefficient (Wildman–Crippen LogP) is 2.68. The van der Waals surface area contributed by atoms with Crippen LogP contribution in [0.2, 0.25) is 0 Å². The van der Waals surface area contributed by atoms with Gasteiger partial charge in [0.25, 0.3) is 5.91 Å². The Hall–Kier alpha value is -2.96. The van der Waals surface area contributed by atoms with Crippen molar-refractivity contribution in [1.29, 1.82) is 0 Å². The van der Waals surface area contributed by atoms with Gasteiger partial charge >= 0.3 is 0 Å². The van der Waals surface area contributed by atoms with Crippen molar-refractivity contribution in [2.24, 2.45) is 0 Å². The fourth-order valence-corrected chi connectivity index (χ4v) is 2.10. The molecule has 0 radical (unpaired) electrons. The van der Waals surface area contributed by atoms with Crippen LogP contribution in [-0.2, 0) is 5.54 Å². The maximum atomic E-state index is 12.4. The predicted molar refractivity (Wildman–Crippen MR) is 87.0 cm³/mol. The van der Waals surface area contributed by atoms with Gasteiger partial charge in [-0.1, -0.05) is 12.1 Å². The van der Waals surface area contributed by atoms with Crippen molar-refractivity contribution < 1.29 is 4.79 Å². The molecule has 1 aromatic carbocycles. The SMILES string of the molecule is CC(C)(C)n1cc(C(=O)Nc2cccc(-c3ncn[nH]3)c2)cn1. The van der Waals surface area contributed by atoms with Crippen LogP contribution in [0.1, 0.15) is 31.1 Å². The molecule has 7 nitrogen and oxygen atoms in total. The lowest BCUT2D eigenvalue weighted by Gasteiger charge is -2.18. The molecule has 0 saturated heterocycles. The first-order valence-electron chi connectivity index (χ1n) is 7.26. The maximum absolute atomic E-state index is 12.4. The number of nitrogens with zero attached hydrogens (tertiary/aromatic N) is 4. The summed E-state index contributed by atoms with van der Waals surface area (Å²) in [6.45, 7) is 6.09. The molecule has 0 bridgehead atoms. The fourth-order valence-electron chi connectivity index (χ4n) is 2.10. The minimum absolute atomic E-state index is 0.162. The van der Waals surface area contributed by atoms with Gasteiger partial charge in [0.15, 0.2) is 5.82 Å². The Bertz CT molecular complexity index is 813. The van der Waals surface area contributed by atoms with Gasteiger partial charge in [-0.15, -0.1) is 0 Å². The van der Waals surface area contributed by atoms with Crippen LogP contribution in [0, 0.1) is 0 Å². The Balaban J connectivity index is 1.78. The molecule has 0 saturated carbocycles. The van der Waals surface area contributed by atoms with E-state index in [1.807, 2.05) is 45.0 Å². The first kappa shape index (κ1) is 15.0. The summed E-state index contributed by atoms with van der Waals surface area (Å²) in [6, 6.07) is 7.42. The fraction of sp³-hybridized carbons (Fsp3) is 0.250. The number of aromatic amines is 1. The van der Waals surface area contributed by atoms with E-state index < -0.39 is 0 Å². The van der Waals surface area contributed by atoms with Crippen LogP contribution < -0.4 is 5.32 Å². The quantitative estimate of drug-likeness (QED) is 0.778. The summed E-state index contributed by atoms with van der Waals surface area (Å²) in [6.07, 6.45) is 4.76. The Morgan fingerprint density at radius 2 is 2.13 bits per heavy atom. The monoisotopic (exact) mass is 310 g/mol. The second kappa shape index (κ2) is 5.68. The molecule has 23 heavy (non-hydrogen) atoms. The smallest absolute Gasteiger partial charge is 0.258 e. The van der Waals surface area contributed by atoms with Crippen LogP contribution in [0.5, 0.6) is 0 Å². The number of nitrogens with one attached hydrogen (secondary N) is 2. The number of hydrogen-bond donors (Lipinski definition) is 2. The Labute approximate surface area is 133 Å². The number of carbonyl (C=O) groups excluding carboxylic acids is 1. The van der Waals surface area contributed by atoms with Crippen LogP contribution >= 0.6 is 0 Å². The highest BCUT2D eigenvalue weighted by atomic mass is 16.1. The van der Waals surface area contributed by atoms with E-state index in [4.69, 9.17) is 0 Å². The lowest BCUT2D eigenvalue weighted by Crippen LogP contribution is -2.22. The zero-order chi connectivity index (χ0) is 16.4. The van der Waals surface area contributed by atoms with E-state index in [1.165, 1.54) is 6.33 Å². The molecule has 0 unspecified atom stereocenters. The van der Waals surface area contributed by atoms with Gasteiger partial charge in [-0.3, -0.25) is 14.6 Å². The average molecular weight is 310 g/mol. The first-order chi connectivity index (χ1) is 10.9. The number of H-pyrrole nitrogens is 1. The van der Waals surface area contributed by atoms with Gasteiger partial charge in [0, 0.05) is 17.4 Å². The molecule has 0 atom stereocenters. The first-order valence-corrected chi connectivity index (χ1v) is 7.26. The highest BCUT2D eigenvalue weighted by molar-refractivity contribution is 6.04. The van der Waals surface area contributed by atoms with Gasteiger partial charge in [0.05, 0.1) is 17.3 Å². The highest BCUT2D eigenvalue weighted by Gasteiger charge is 2.17. The molecule has 118 valence electrons. The van der Waals surface area contributed by atoms with Gasteiger partial charge in [0.2, 0.25) is 0 Å². The van der Waals surface area contributed by atoms with E-state index in [-0.39, 0.29) is 11.4 Å². The molecule has 2 N–H and O–H groups in total. The van der Waals surface area contributed by atoms with Crippen molar-refractivity contribution >= 4 is 11.6 Å². The van der Waals surface area contributed by atoms with Gasteiger partial charge in [-0.2, -0.15) is 10.2 Å². The van der Waals surface area contributed by atoms with E-state index in [9.17, 15) is 4.79 Å². The molecule has 0 aliphatic heterocycles. The summed E-state index contributed by atoms with van der Waals surface area (Å²) >= 11 is 0. The Morgan fingerprint density at radius 1 is 1.30 bits per heavy atom. The van der Waals surface area contributed by atoms with Crippen molar-refractivity contribution in [1.82, 2.24) is 25.0 Å². The molecule has 2 aromatic heterocycles. The van der Waals surface area contributed by atoms with Crippen molar-refractivity contribution in [3.63, 3.8) is 0 Å². The highest BCUT2D eigenvalue weighted by Crippen LogP contribution is 2.19. The van der Waals surface area contributed by atoms with Gasteiger partial charge in [-0.05, 0) is 32.9 Å². The molecule has 3 aromatic rings. The third-order valence-electron chi connectivity index (χ3n) is 3.34. The van der Waals surface area contributed by atoms with Crippen LogP contribution in [0.4, 0.5) is 5.69 Å². The molecular formula is C16H18N6O. The number of anilines is 1. The zero-order valence-electron chi connectivity index (χ0n) is 13.2. The van der Waals surface area contributed by atoms with Gasteiger partial charge in [-0.25, -0.2) is 4.98 Å². The summed E-state index contributed by atoms with van der Waals surface area (Å²) in [5.41, 5.74) is 1.90. The number of aromatic nitrogens is 5. The molecule has 0 spiro atoms. The lowest BCUT2D eigenvalue weighted by atomic mass is 10.1. The average Bonchev–Trinajstić information content (AvgIpc) is 3.19. The molecule has 0 aliphatic carbocycles. The standard InChI is InChI=1S/C16H18N6O/c1-16(2,3)22-9-12(8-19-22)15(23)20-13-6-4-5-11(7-13)14-17-10-18-21-14/h4-10H,1-3H3,(H,20,23)(H,17,18,21). The topological polar surface area (TPSA) is 88.5 Å². The van der Waals surface area contributed by atoms with Gasteiger partial charge < -0.3 is 5.32 Å². The Kier molecular flexibility index (Phi) is 3.69. The number of amides is 1. The number of hydrogen-bond acceptors (Lipinski definition) is 4. The van der Waals surface area contributed by atoms with E-state index in [1.54, 1.807) is 17.1 Å². The second-order valence-electron chi connectivity index (χ2n) is 6.21. The number of carbonyl (C=O) groups is 1. The van der Waals surface area contributed by atoms with Crippen LogP contribution in [0.25, 0.3) is 11.4 Å². The van der Waals surface area contributed by atoms with E-state index in [2.05, 4.69) is 25.6 Å². The molecule has 2 heterocycles. The van der Waals surface area contributed by atoms with Crippen molar-refractivity contribution in [2.45, 2.75) is 26.3 Å². The summed E-state index contributed by atoms with van der Waals surface area (Å²) in [4.78, 5) is 16.5. The van der Waals surface area contributed by atoms with Crippen molar-refractivity contribution in [2.75, 3.05) is 5.32 Å². The van der Waals surface area contributed by atoms with Crippen LogP contribution in [0.3, 0.4) is 0 Å². The molecule has 1 amide bonds. The second-order valence-corrected chi connectivity index (χ2v) is 6.21.